The van der Waals surface area contributed by atoms with Gasteiger partial charge in [0.25, 0.3) is 0 Å². The van der Waals surface area contributed by atoms with Gasteiger partial charge in [-0.05, 0) is 38.3 Å². The number of nitriles is 1. The van der Waals surface area contributed by atoms with E-state index in [2.05, 4.69) is 11.1 Å². The Morgan fingerprint density at radius 1 is 1.21 bits per heavy atom. The summed E-state index contributed by atoms with van der Waals surface area (Å²) in [5, 5.41) is 9.43. The van der Waals surface area contributed by atoms with Crippen molar-refractivity contribution in [2.24, 2.45) is 0 Å². The van der Waals surface area contributed by atoms with Gasteiger partial charge in [-0.15, -0.1) is 0 Å². The third-order valence-electron chi connectivity index (χ3n) is 5.85. The third kappa shape index (κ3) is 3.93. The van der Waals surface area contributed by atoms with Gasteiger partial charge in [0.05, 0.1) is 27.8 Å². The smallest absolute Gasteiger partial charge is 0.286 e. The zero-order chi connectivity index (χ0) is 24.3. The molecular weight excluding hydrogens is 457 g/mol. The highest BCUT2D eigenvalue weighted by atomic mass is 32.2. The van der Waals surface area contributed by atoms with E-state index < -0.39 is 38.9 Å². The number of sulfone groups is 1. The number of fused-ring (bicyclic) bond motifs is 1. The van der Waals surface area contributed by atoms with E-state index in [1.165, 1.54) is 25.3 Å². The van der Waals surface area contributed by atoms with E-state index in [1.807, 2.05) is 0 Å². The van der Waals surface area contributed by atoms with Crippen LogP contribution in [0, 0.1) is 11.3 Å². The molecule has 0 unspecified atom stereocenters. The lowest BCUT2D eigenvalue weighted by molar-refractivity contribution is -0.144. The predicted octanol–water partition coefficient (Wildman–Crippen LogP) is 4.11. The number of imidazole rings is 1. The number of rotatable bonds is 5. The first kappa shape index (κ1) is 23.0. The first-order valence-corrected chi connectivity index (χ1v) is 12.0. The predicted molar refractivity (Wildman–Crippen MR) is 115 cm³/mol. The first-order chi connectivity index (χ1) is 15.3. The van der Waals surface area contributed by atoms with Crippen LogP contribution in [0.1, 0.15) is 50.9 Å². The van der Waals surface area contributed by atoms with E-state index in [0.717, 1.165) is 15.0 Å². The normalized spacial score (nSPS) is 15.1. The molecule has 2 aromatic heterocycles. The lowest BCUT2D eigenvalue weighted by atomic mass is 9.86. The van der Waals surface area contributed by atoms with Crippen LogP contribution in [0.2, 0.25) is 0 Å². The van der Waals surface area contributed by atoms with E-state index in [9.17, 15) is 31.6 Å². The Morgan fingerprint density at radius 3 is 2.42 bits per heavy atom. The molecule has 4 rings (SSSR count). The highest BCUT2D eigenvalue weighted by Gasteiger charge is 2.40. The van der Waals surface area contributed by atoms with Crippen molar-refractivity contribution in [2.45, 2.75) is 56.1 Å². The fraction of sp³-hybridized carbons (Fsp3) is 0.409. The van der Waals surface area contributed by atoms with Gasteiger partial charge < -0.3 is 0 Å². The first-order valence-electron chi connectivity index (χ1n) is 10.3. The zero-order valence-electron chi connectivity index (χ0n) is 18.1. The van der Waals surface area contributed by atoms with Crippen molar-refractivity contribution in [3.05, 3.63) is 52.2 Å². The van der Waals surface area contributed by atoms with Gasteiger partial charge in [0.1, 0.15) is 11.3 Å². The van der Waals surface area contributed by atoms with Gasteiger partial charge in [0.2, 0.25) is 0 Å². The molecule has 1 aliphatic carbocycles. The SMILES string of the molecule is CCS(=O)(=O)c1cc(C(C)(C)C#N)ccc1-c1cn2c(=O)n(C3CC3)c(C(F)(F)F)cc2n1. The van der Waals surface area contributed by atoms with Gasteiger partial charge in [0.15, 0.2) is 9.84 Å². The van der Waals surface area contributed by atoms with E-state index in [4.69, 9.17) is 0 Å². The highest BCUT2D eigenvalue weighted by Crippen LogP contribution is 2.40. The number of benzene rings is 1. The van der Waals surface area contributed by atoms with Crippen molar-refractivity contribution >= 4 is 15.5 Å². The molecule has 0 aliphatic heterocycles. The van der Waals surface area contributed by atoms with Crippen molar-refractivity contribution in [3.63, 3.8) is 0 Å². The van der Waals surface area contributed by atoms with Crippen LogP contribution < -0.4 is 5.69 Å². The Kier molecular flexibility index (Phi) is 5.20. The van der Waals surface area contributed by atoms with Crippen molar-refractivity contribution in [2.75, 3.05) is 5.75 Å². The molecule has 1 aromatic carbocycles. The summed E-state index contributed by atoms with van der Waals surface area (Å²) in [5.41, 5.74) is -2.45. The molecule has 0 amide bonds. The Bertz CT molecular complexity index is 1470. The lowest BCUT2D eigenvalue weighted by Gasteiger charge is -2.18. The summed E-state index contributed by atoms with van der Waals surface area (Å²) >= 11 is 0. The fourth-order valence-electron chi connectivity index (χ4n) is 3.69. The number of hydrogen-bond acceptors (Lipinski definition) is 5. The van der Waals surface area contributed by atoms with Crippen LogP contribution in [0.5, 0.6) is 0 Å². The Morgan fingerprint density at radius 2 is 1.88 bits per heavy atom. The van der Waals surface area contributed by atoms with Crippen LogP contribution in [-0.4, -0.2) is 28.1 Å². The molecule has 1 fully saturated rings. The van der Waals surface area contributed by atoms with Crippen LogP contribution in [0.3, 0.4) is 0 Å². The molecule has 1 saturated carbocycles. The maximum atomic E-state index is 13.6. The Balaban J connectivity index is 1.99. The minimum atomic E-state index is -4.74. The highest BCUT2D eigenvalue weighted by molar-refractivity contribution is 7.91. The van der Waals surface area contributed by atoms with Crippen molar-refractivity contribution in [3.8, 4) is 17.3 Å². The summed E-state index contributed by atoms with van der Waals surface area (Å²) < 4.78 is 68.3. The maximum Gasteiger partial charge on any atom is 0.431 e. The molecule has 0 bridgehead atoms. The molecule has 1 aliphatic rings. The number of halogens is 3. The number of alkyl halides is 3. The van der Waals surface area contributed by atoms with Crippen LogP contribution in [-0.2, 0) is 21.4 Å². The van der Waals surface area contributed by atoms with Gasteiger partial charge in [-0.2, -0.15) is 18.4 Å². The number of aromatic nitrogens is 3. The minimum absolute atomic E-state index is 0.0575. The summed E-state index contributed by atoms with van der Waals surface area (Å²) in [7, 11) is -3.78. The average Bonchev–Trinajstić information content (AvgIpc) is 3.50. The Hall–Kier alpha value is -3.13. The van der Waals surface area contributed by atoms with Crippen molar-refractivity contribution in [1.82, 2.24) is 14.0 Å². The van der Waals surface area contributed by atoms with E-state index >= 15 is 0 Å². The molecule has 0 saturated heterocycles. The molecule has 0 spiro atoms. The maximum absolute atomic E-state index is 13.6. The minimum Gasteiger partial charge on any atom is -0.286 e. The Labute approximate surface area is 188 Å². The molecule has 0 atom stereocenters. The van der Waals surface area contributed by atoms with Gasteiger partial charge in [-0.25, -0.2) is 18.2 Å². The van der Waals surface area contributed by atoms with Crippen LogP contribution in [0.15, 0.2) is 40.2 Å². The summed E-state index contributed by atoms with van der Waals surface area (Å²) in [6.45, 7) is 4.76. The van der Waals surface area contributed by atoms with Crippen LogP contribution in [0.4, 0.5) is 13.2 Å². The van der Waals surface area contributed by atoms with Gasteiger partial charge >= 0.3 is 11.9 Å². The molecule has 0 N–H and O–H groups in total. The van der Waals surface area contributed by atoms with Crippen molar-refractivity contribution in [1.29, 1.82) is 5.26 Å². The van der Waals surface area contributed by atoms with Crippen LogP contribution >= 0.6 is 0 Å². The summed E-state index contributed by atoms with van der Waals surface area (Å²) in [5.74, 6) is -0.226. The fourth-order valence-corrected chi connectivity index (χ4v) is 4.82. The molecule has 33 heavy (non-hydrogen) atoms. The van der Waals surface area contributed by atoms with Gasteiger partial charge in [-0.1, -0.05) is 19.1 Å². The van der Waals surface area contributed by atoms with E-state index in [1.54, 1.807) is 19.9 Å². The topological polar surface area (TPSA) is 97.2 Å². The third-order valence-corrected chi connectivity index (χ3v) is 7.62. The summed E-state index contributed by atoms with van der Waals surface area (Å²) in [4.78, 5) is 17.0. The lowest BCUT2D eigenvalue weighted by Crippen LogP contribution is -2.31. The second kappa shape index (κ2) is 7.45. The van der Waals surface area contributed by atoms with E-state index in [0.29, 0.717) is 18.4 Å². The zero-order valence-corrected chi connectivity index (χ0v) is 19.0. The molecule has 174 valence electrons. The molecule has 11 heteroatoms. The van der Waals surface area contributed by atoms with E-state index in [-0.39, 0.29) is 27.6 Å². The second-order valence-corrected chi connectivity index (χ2v) is 10.9. The molecule has 7 nitrogen and oxygen atoms in total. The molecule has 2 heterocycles. The average molecular weight is 478 g/mol. The summed E-state index contributed by atoms with van der Waals surface area (Å²) in [6, 6.07) is 6.86. The molecule has 0 radical (unpaired) electrons. The van der Waals surface area contributed by atoms with Crippen molar-refractivity contribution < 1.29 is 21.6 Å². The standard InChI is InChI=1S/C22H21F3N4O3S/c1-4-33(31,32)17-9-13(21(2,3)12-26)5-8-15(17)16-11-28-19(27-16)10-18(22(23,24)25)29(20(28)30)14-6-7-14/h5,8-11,14H,4,6-7H2,1-3H3. The molecular formula is C22H21F3N4O3S. The number of hydrogen-bond donors (Lipinski definition) is 0. The number of nitrogens with zero attached hydrogens (tertiary/aromatic N) is 4. The quantitative estimate of drug-likeness (QED) is 0.550. The summed E-state index contributed by atoms with van der Waals surface area (Å²) in [6.07, 6.45) is -2.52. The largest absolute Gasteiger partial charge is 0.431 e. The van der Waals surface area contributed by atoms with Crippen LogP contribution in [0.25, 0.3) is 16.9 Å². The molecule has 3 aromatic rings. The monoisotopic (exact) mass is 478 g/mol. The van der Waals surface area contributed by atoms with Gasteiger partial charge in [-0.3, -0.25) is 8.97 Å². The van der Waals surface area contributed by atoms with Gasteiger partial charge in [0, 0.05) is 23.9 Å². The second-order valence-electron chi connectivity index (χ2n) is 8.62.